The number of aromatic nitrogens is 2. The molecule has 0 saturated carbocycles. The van der Waals surface area contributed by atoms with Crippen LogP contribution in [0.15, 0.2) is 39.6 Å². The molecule has 1 aromatic carbocycles. The Morgan fingerprint density at radius 3 is 2.72 bits per heavy atom. The highest BCUT2D eigenvalue weighted by atomic mass is 16.5. The highest BCUT2D eigenvalue weighted by Gasteiger charge is 2.20. The molecule has 0 saturated heterocycles. The fourth-order valence-electron chi connectivity index (χ4n) is 2.12. The van der Waals surface area contributed by atoms with Crippen molar-refractivity contribution in [1.82, 2.24) is 9.56 Å². The molecule has 0 atom stereocenters. The quantitative estimate of drug-likeness (QED) is 0.664. The van der Waals surface area contributed by atoms with Crippen LogP contribution in [0.4, 0.5) is 5.69 Å². The van der Waals surface area contributed by atoms with Gasteiger partial charge in [0.1, 0.15) is 5.65 Å². The number of aromatic amines is 1. The fourth-order valence-corrected chi connectivity index (χ4v) is 2.12. The average Bonchev–Trinajstić information content (AvgIpc) is 2.90. The maximum atomic E-state index is 11.7. The van der Waals surface area contributed by atoms with Crippen molar-refractivity contribution in [3.63, 3.8) is 0 Å². The molecule has 5 nitrogen and oxygen atoms in total. The summed E-state index contributed by atoms with van der Waals surface area (Å²) in [5.74, 6) is -0.512. The van der Waals surface area contributed by atoms with Gasteiger partial charge >= 0.3 is 5.76 Å². The van der Waals surface area contributed by atoms with Crippen LogP contribution in [0.1, 0.15) is 5.56 Å². The first kappa shape index (κ1) is 10.4. The van der Waals surface area contributed by atoms with E-state index >= 15 is 0 Å². The Labute approximate surface area is 102 Å². The van der Waals surface area contributed by atoms with Crippen molar-refractivity contribution in [2.24, 2.45) is 0 Å². The Morgan fingerprint density at radius 2 is 2.06 bits per heavy atom. The van der Waals surface area contributed by atoms with Crippen molar-refractivity contribution in [1.29, 1.82) is 0 Å². The summed E-state index contributed by atoms with van der Waals surface area (Å²) in [6.45, 7) is 9.07. The molecule has 5 heteroatoms. The third kappa shape index (κ3) is 1.23. The van der Waals surface area contributed by atoms with Crippen molar-refractivity contribution in [2.75, 3.05) is 0 Å². The summed E-state index contributed by atoms with van der Waals surface area (Å²) >= 11 is 0. The number of nitrogens with one attached hydrogen (secondary N) is 1. The number of H-pyrrole nitrogens is 1. The van der Waals surface area contributed by atoms with Crippen molar-refractivity contribution in [2.45, 2.75) is 6.92 Å². The van der Waals surface area contributed by atoms with Gasteiger partial charge in [-0.15, -0.1) is 0 Å². The van der Waals surface area contributed by atoms with Crippen molar-refractivity contribution in [3.8, 4) is 11.3 Å². The van der Waals surface area contributed by atoms with Crippen LogP contribution in [0.3, 0.4) is 0 Å². The van der Waals surface area contributed by atoms with Gasteiger partial charge in [0.2, 0.25) is 5.69 Å². The lowest BCUT2D eigenvalue weighted by molar-refractivity contribution is 0.387. The van der Waals surface area contributed by atoms with Crippen molar-refractivity contribution in [3.05, 3.63) is 57.9 Å². The number of hydrogen-bond acceptors (Lipinski definition) is 2. The first-order valence-corrected chi connectivity index (χ1v) is 5.39. The number of rotatable bonds is 1. The molecule has 0 radical (unpaired) electrons. The second-order valence-corrected chi connectivity index (χ2v) is 3.95. The van der Waals surface area contributed by atoms with Gasteiger partial charge in [0.15, 0.2) is 0 Å². The van der Waals surface area contributed by atoms with Crippen LogP contribution in [0.2, 0.25) is 0 Å². The number of hydrogen-bond donors (Lipinski definition) is 1. The molecular weight excluding hydrogens is 230 g/mol. The summed E-state index contributed by atoms with van der Waals surface area (Å²) in [4.78, 5) is 15.2. The van der Waals surface area contributed by atoms with E-state index in [1.165, 1.54) is 4.40 Å². The summed E-state index contributed by atoms with van der Waals surface area (Å²) in [5.41, 5.74) is 3.12. The Hall–Kier alpha value is -2.74. The Morgan fingerprint density at radius 1 is 1.33 bits per heavy atom. The van der Waals surface area contributed by atoms with E-state index in [0.717, 1.165) is 11.1 Å². The first-order chi connectivity index (χ1) is 8.74. The van der Waals surface area contributed by atoms with E-state index in [1.54, 1.807) is 6.92 Å². The summed E-state index contributed by atoms with van der Waals surface area (Å²) in [7, 11) is 0. The number of fused-ring (bicyclic) bond motifs is 1. The van der Waals surface area contributed by atoms with Gasteiger partial charge in [0.05, 0.1) is 12.3 Å². The van der Waals surface area contributed by atoms with Crippen LogP contribution in [0.5, 0.6) is 0 Å². The monoisotopic (exact) mass is 239 g/mol. The smallest absolute Gasteiger partial charge is 0.322 e. The van der Waals surface area contributed by atoms with Crippen LogP contribution >= 0.6 is 0 Å². The third-order valence-electron chi connectivity index (χ3n) is 2.96. The van der Waals surface area contributed by atoms with Gasteiger partial charge in [0.25, 0.3) is 0 Å². The molecular formula is C13H9N3O2. The van der Waals surface area contributed by atoms with E-state index in [4.69, 9.17) is 11.1 Å². The lowest BCUT2D eigenvalue weighted by Gasteiger charge is -1.99. The second kappa shape index (κ2) is 3.64. The molecule has 0 unspecified atom stereocenters. The van der Waals surface area contributed by atoms with Crippen LogP contribution in [-0.4, -0.2) is 9.56 Å². The molecule has 0 aliphatic carbocycles. The van der Waals surface area contributed by atoms with E-state index in [9.17, 15) is 4.79 Å². The van der Waals surface area contributed by atoms with Crippen LogP contribution in [0.25, 0.3) is 21.7 Å². The van der Waals surface area contributed by atoms with Crippen LogP contribution in [-0.2, 0) is 0 Å². The Balaban J connectivity index is 2.52. The minimum Gasteiger partial charge on any atom is -0.322 e. The van der Waals surface area contributed by atoms with Crippen LogP contribution in [0, 0.1) is 13.5 Å². The molecule has 2 aromatic heterocycles. The Kier molecular flexibility index (Phi) is 2.10. The van der Waals surface area contributed by atoms with Gasteiger partial charge in [-0.3, -0.25) is 0 Å². The largest absolute Gasteiger partial charge is 0.443 e. The average molecular weight is 239 g/mol. The minimum absolute atomic E-state index is 0.473. The highest BCUT2D eigenvalue weighted by molar-refractivity contribution is 5.85. The number of nitrogens with zero attached hydrogens (tertiary/aromatic N) is 2. The highest BCUT2D eigenvalue weighted by Crippen LogP contribution is 2.36. The molecule has 0 bridgehead atoms. The zero-order chi connectivity index (χ0) is 12.7. The van der Waals surface area contributed by atoms with Gasteiger partial charge in [0, 0.05) is 5.56 Å². The first-order valence-electron chi connectivity index (χ1n) is 5.39. The van der Waals surface area contributed by atoms with E-state index in [-0.39, 0.29) is 0 Å². The summed E-state index contributed by atoms with van der Waals surface area (Å²) in [6.07, 6.45) is 0. The maximum Gasteiger partial charge on any atom is 0.443 e. The molecule has 0 amide bonds. The number of aryl methyl sites for hydroxylation is 1. The molecule has 0 fully saturated rings. The fraction of sp³-hybridized carbons (Fsp3) is 0.0769. The van der Waals surface area contributed by atoms with Gasteiger partial charge in [-0.2, -0.15) is 0 Å². The van der Waals surface area contributed by atoms with Gasteiger partial charge in [-0.25, -0.2) is 19.2 Å². The predicted octanol–water partition coefficient (Wildman–Crippen LogP) is 2.75. The molecule has 88 valence electrons. The summed E-state index contributed by atoms with van der Waals surface area (Å²) in [5, 5.41) is 2.55. The van der Waals surface area contributed by atoms with Gasteiger partial charge < -0.3 is 4.52 Å². The zero-order valence-corrected chi connectivity index (χ0v) is 9.60. The Bertz CT molecular complexity index is 816. The molecule has 0 spiro atoms. The van der Waals surface area contributed by atoms with E-state index in [0.29, 0.717) is 17.0 Å². The molecule has 0 aliphatic rings. The van der Waals surface area contributed by atoms with Crippen molar-refractivity contribution < 1.29 is 4.52 Å². The van der Waals surface area contributed by atoms with Crippen molar-refractivity contribution >= 4 is 11.3 Å². The number of benzene rings is 1. The summed E-state index contributed by atoms with van der Waals surface area (Å²) < 4.78 is 6.18. The van der Waals surface area contributed by atoms with E-state index < -0.39 is 5.76 Å². The minimum atomic E-state index is -0.512. The normalized spacial score (nSPS) is 10.7. The van der Waals surface area contributed by atoms with Crippen LogP contribution < -0.4 is 5.76 Å². The molecule has 1 N–H and O–H groups in total. The topological polar surface area (TPSA) is 54.8 Å². The molecule has 0 aliphatic heterocycles. The standard InChI is InChI=1S/C13H9N3O2/c1-8-10(14-2)11(9-6-4-3-5-7-9)16-12(8)15-18-13(16)17/h3-7,15H,1H3. The van der Waals surface area contributed by atoms with E-state index in [1.807, 2.05) is 30.3 Å². The molecule has 3 aromatic rings. The summed E-state index contributed by atoms with van der Waals surface area (Å²) in [6, 6.07) is 9.35. The molecule has 3 rings (SSSR count). The molecule has 2 heterocycles. The third-order valence-corrected chi connectivity index (χ3v) is 2.96. The zero-order valence-electron chi connectivity index (χ0n) is 9.60. The second-order valence-electron chi connectivity index (χ2n) is 3.95. The SMILES string of the molecule is [C-]#[N+]c1c(C)c2[nH]oc(=O)n2c1-c1ccccc1. The van der Waals surface area contributed by atoms with Gasteiger partial charge in [-0.05, 0) is 12.5 Å². The predicted molar refractivity (Wildman–Crippen MR) is 66.7 cm³/mol. The lowest BCUT2D eigenvalue weighted by Crippen LogP contribution is -2.05. The molecule has 18 heavy (non-hydrogen) atoms. The van der Waals surface area contributed by atoms with Gasteiger partial charge in [-0.1, -0.05) is 30.3 Å². The lowest BCUT2D eigenvalue weighted by atomic mass is 10.1. The van der Waals surface area contributed by atoms with E-state index in [2.05, 4.69) is 10.0 Å². The maximum absolute atomic E-state index is 11.7.